The number of H-pyrrole nitrogens is 1. The molecule has 100 valence electrons. The fourth-order valence-corrected chi connectivity index (χ4v) is 2.54. The van der Waals surface area contributed by atoms with E-state index in [4.69, 9.17) is 28.9 Å². The van der Waals surface area contributed by atoms with Gasteiger partial charge in [-0.25, -0.2) is 0 Å². The number of carbonyl (C=O) groups is 1. The van der Waals surface area contributed by atoms with Crippen LogP contribution < -0.4 is 5.73 Å². The van der Waals surface area contributed by atoms with Crippen LogP contribution in [0.1, 0.15) is 15.9 Å². The number of nitrogens with one attached hydrogen (secondary N) is 1. The summed E-state index contributed by atoms with van der Waals surface area (Å²) >= 11 is 12.0. The molecule has 0 saturated carbocycles. The summed E-state index contributed by atoms with van der Waals surface area (Å²) in [4.78, 5) is 15.6. The Kier molecular flexibility index (Phi) is 3.16. The molecule has 0 atom stereocenters. The van der Waals surface area contributed by atoms with Crippen molar-refractivity contribution >= 4 is 45.6 Å². The first kappa shape index (κ1) is 13.0. The lowest BCUT2D eigenvalue weighted by atomic mass is 10.0. The topological polar surface area (TPSA) is 58.9 Å². The molecule has 3 N–H and O–H groups in total. The maximum Gasteiger partial charge on any atom is 0.195 e. The molecule has 0 unspecified atom stereocenters. The van der Waals surface area contributed by atoms with Gasteiger partial charge in [0.05, 0.1) is 21.2 Å². The third-order valence-electron chi connectivity index (χ3n) is 3.17. The number of nitrogen functional groups attached to an aromatic ring is 1. The molecule has 20 heavy (non-hydrogen) atoms. The third kappa shape index (κ3) is 2.05. The minimum Gasteiger partial charge on any atom is -0.398 e. The molecule has 2 aromatic carbocycles. The van der Waals surface area contributed by atoms with E-state index in [1.54, 1.807) is 30.5 Å². The van der Waals surface area contributed by atoms with Gasteiger partial charge in [0, 0.05) is 22.7 Å². The molecule has 0 aliphatic rings. The minimum absolute atomic E-state index is 0.125. The number of carbonyl (C=O) groups excluding carboxylic acids is 1. The van der Waals surface area contributed by atoms with Crippen molar-refractivity contribution in [1.82, 2.24) is 4.98 Å². The van der Waals surface area contributed by atoms with Gasteiger partial charge in [0.25, 0.3) is 0 Å². The fourth-order valence-electron chi connectivity index (χ4n) is 2.13. The first-order valence-electron chi connectivity index (χ1n) is 5.93. The molecule has 3 aromatic rings. The maximum absolute atomic E-state index is 12.5. The van der Waals surface area contributed by atoms with Crippen molar-refractivity contribution in [3.05, 3.63) is 63.8 Å². The van der Waals surface area contributed by atoms with Gasteiger partial charge in [-0.05, 0) is 24.3 Å². The van der Waals surface area contributed by atoms with Gasteiger partial charge in [0.15, 0.2) is 5.78 Å². The first-order valence-corrected chi connectivity index (χ1v) is 6.69. The molecule has 0 aliphatic carbocycles. The van der Waals surface area contributed by atoms with Crippen molar-refractivity contribution < 1.29 is 4.79 Å². The number of para-hydroxylation sites is 1. The van der Waals surface area contributed by atoms with Gasteiger partial charge < -0.3 is 10.7 Å². The Labute approximate surface area is 125 Å². The Bertz CT molecular complexity index is 824. The highest BCUT2D eigenvalue weighted by atomic mass is 35.5. The van der Waals surface area contributed by atoms with Crippen LogP contribution in [0.25, 0.3) is 10.9 Å². The van der Waals surface area contributed by atoms with Crippen molar-refractivity contribution in [3.63, 3.8) is 0 Å². The van der Waals surface area contributed by atoms with Crippen LogP contribution in [-0.4, -0.2) is 10.8 Å². The summed E-state index contributed by atoms with van der Waals surface area (Å²) in [6.45, 7) is 0. The SMILES string of the molecule is Nc1ccc(C(=O)c2c[nH]c3c(Cl)cccc23)cc1Cl. The number of aromatic nitrogens is 1. The summed E-state index contributed by atoms with van der Waals surface area (Å²) in [5.74, 6) is -0.125. The second kappa shape index (κ2) is 4.85. The molecule has 0 amide bonds. The fraction of sp³-hybridized carbons (Fsp3) is 0. The Morgan fingerprint density at radius 1 is 1.10 bits per heavy atom. The van der Waals surface area contributed by atoms with Crippen LogP contribution in [0.5, 0.6) is 0 Å². The highest BCUT2D eigenvalue weighted by Gasteiger charge is 2.16. The Morgan fingerprint density at radius 3 is 2.65 bits per heavy atom. The van der Waals surface area contributed by atoms with E-state index in [0.29, 0.717) is 26.9 Å². The summed E-state index contributed by atoms with van der Waals surface area (Å²) in [5.41, 5.74) is 7.90. The van der Waals surface area contributed by atoms with Crippen molar-refractivity contribution in [3.8, 4) is 0 Å². The van der Waals surface area contributed by atoms with Crippen molar-refractivity contribution in [2.75, 3.05) is 5.73 Å². The van der Waals surface area contributed by atoms with Crippen molar-refractivity contribution in [2.45, 2.75) is 0 Å². The summed E-state index contributed by atoms with van der Waals surface area (Å²) < 4.78 is 0. The standard InChI is InChI=1S/C15H10Cl2N2O/c16-11-3-1-2-9-10(7-19-14(9)11)15(20)8-4-5-13(18)12(17)6-8/h1-7,19H,18H2. The normalized spacial score (nSPS) is 10.9. The van der Waals surface area contributed by atoms with Crippen LogP contribution in [0.3, 0.4) is 0 Å². The molecule has 3 rings (SSSR count). The number of aromatic amines is 1. The lowest BCUT2D eigenvalue weighted by Crippen LogP contribution is -2.01. The zero-order valence-electron chi connectivity index (χ0n) is 10.3. The summed E-state index contributed by atoms with van der Waals surface area (Å²) in [7, 11) is 0. The van der Waals surface area contributed by atoms with E-state index >= 15 is 0 Å². The number of rotatable bonds is 2. The molecule has 0 aliphatic heterocycles. The molecule has 0 radical (unpaired) electrons. The summed E-state index contributed by atoms with van der Waals surface area (Å²) in [6.07, 6.45) is 1.66. The smallest absolute Gasteiger partial charge is 0.195 e. The number of nitrogens with two attached hydrogens (primary N) is 1. The number of ketones is 1. The second-order valence-electron chi connectivity index (χ2n) is 4.43. The van der Waals surface area contributed by atoms with E-state index in [9.17, 15) is 4.79 Å². The number of halogens is 2. The average molecular weight is 305 g/mol. The van der Waals surface area contributed by atoms with Gasteiger partial charge in [-0.3, -0.25) is 4.79 Å². The number of fused-ring (bicyclic) bond motifs is 1. The Balaban J connectivity index is 2.13. The molecule has 5 heteroatoms. The van der Waals surface area contributed by atoms with E-state index in [1.165, 1.54) is 0 Å². The van der Waals surface area contributed by atoms with E-state index in [0.717, 1.165) is 10.9 Å². The number of anilines is 1. The van der Waals surface area contributed by atoms with Crippen LogP contribution in [0.15, 0.2) is 42.6 Å². The minimum atomic E-state index is -0.125. The van der Waals surface area contributed by atoms with Crippen molar-refractivity contribution in [2.24, 2.45) is 0 Å². The lowest BCUT2D eigenvalue weighted by molar-refractivity contribution is 0.104. The average Bonchev–Trinajstić information content (AvgIpc) is 2.86. The zero-order chi connectivity index (χ0) is 14.3. The van der Waals surface area contributed by atoms with Gasteiger partial charge in [0.1, 0.15) is 0 Å². The van der Waals surface area contributed by atoms with E-state index in [1.807, 2.05) is 12.1 Å². The quantitative estimate of drug-likeness (QED) is 0.548. The predicted molar refractivity (Wildman–Crippen MR) is 82.6 cm³/mol. The number of hydrogen-bond donors (Lipinski definition) is 2. The molecular weight excluding hydrogens is 295 g/mol. The van der Waals surface area contributed by atoms with Crippen LogP contribution in [0.4, 0.5) is 5.69 Å². The van der Waals surface area contributed by atoms with E-state index in [2.05, 4.69) is 4.98 Å². The second-order valence-corrected chi connectivity index (χ2v) is 5.24. The highest BCUT2D eigenvalue weighted by Crippen LogP contribution is 2.28. The Hall–Kier alpha value is -1.97. The molecular formula is C15H10Cl2N2O. The first-order chi connectivity index (χ1) is 9.58. The molecule has 1 aromatic heterocycles. The predicted octanol–water partition coefficient (Wildman–Crippen LogP) is 4.29. The summed E-state index contributed by atoms with van der Waals surface area (Å²) in [5, 5.41) is 1.74. The van der Waals surface area contributed by atoms with Gasteiger partial charge in [-0.1, -0.05) is 35.3 Å². The van der Waals surface area contributed by atoms with E-state index < -0.39 is 0 Å². The maximum atomic E-state index is 12.5. The molecule has 3 nitrogen and oxygen atoms in total. The largest absolute Gasteiger partial charge is 0.398 e. The van der Waals surface area contributed by atoms with Crippen LogP contribution in [0, 0.1) is 0 Å². The number of hydrogen-bond acceptors (Lipinski definition) is 2. The van der Waals surface area contributed by atoms with Crippen LogP contribution in [-0.2, 0) is 0 Å². The summed E-state index contributed by atoms with van der Waals surface area (Å²) in [6, 6.07) is 10.3. The zero-order valence-corrected chi connectivity index (χ0v) is 11.8. The van der Waals surface area contributed by atoms with Gasteiger partial charge in [-0.2, -0.15) is 0 Å². The molecule has 1 heterocycles. The van der Waals surface area contributed by atoms with Gasteiger partial charge in [-0.15, -0.1) is 0 Å². The molecule has 0 bridgehead atoms. The molecule has 0 fully saturated rings. The molecule has 0 spiro atoms. The Morgan fingerprint density at radius 2 is 1.90 bits per heavy atom. The lowest BCUT2D eigenvalue weighted by Gasteiger charge is -2.03. The highest BCUT2D eigenvalue weighted by molar-refractivity contribution is 6.36. The van der Waals surface area contributed by atoms with Crippen molar-refractivity contribution in [1.29, 1.82) is 0 Å². The number of benzene rings is 2. The monoisotopic (exact) mass is 304 g/mol. The molecule has 0 saturated heterocycles. The van der Waals surface area contributed by atoms with Crippen LogP contribution >= 0.6 is 23.2 Å². The van der Waals surface area contributed by atoms with E-state index in [-0.39, 0.29) is 5.78 Å². The van der Waals surface area contributed by atoms with Crippen LogP contribution in [0.2, 0.25) is 10.0 Å². The van der Waals surface area contributed by atoms with Gasteiger partial charge >= 0.3 is 0 Å². The van der Waals surface area contributed by atoms with Gasteiger partial charge in [0.2, 0.25) is 0 Å². The third-order valence-corrected chi connectivity index (χ3v) is 3.81.